The Morgan fingerprint density at radius 1 is 0.955 bits per heavy atom. The first kappa shape index (κ1) is 15.3. The molecule has 22 heavy (non-hydrogen) atoms. The van der Waals surface area contributed by atoms with E-state index in [-0.39, 0.29) is 0 Å². The number of nitrogens with one attached hydrogen (secondary N) is 1. The van der Waals surface area contributed by atoms with Crippen molar-refractivity contribution in [2.45, 2.75) is 57.5 Å². The van der Waals surface area contributed by atoms with Crippen LogP contribution in [0.25, 0.3) is 0 Å². The van der Waals surface area contributed by atoms with Crippen molar-refractivity contribution < 1.29 is 0 Å². The van der Waals surface area contributed by atoms with Gasteiger partial charge in [-0.15, -0.1) is 0 Å². The van der Waals surface area contributed by atoms with E-state index in [9.17, 15) is 0 Å². The van der Waals surface area contributed by atoms with E-state index in [1.807, 2.05) is 0 Å². The Bertz CT molecular complexity index is 577. The summed E-state index contributed by atoms with van der Waals surface area (Å²) in [7, 11) is 0. The van der Waals surface area contributed by atoms with Gasteiger partial charge in [-0.2, -0.15) is 0 Å². The van der Waals surface area contributed by atoms with E-state index in [1.54, 1.807) is 0 Å². The lowest BCUT2D eigenvalue weighted by molar-refractivity contribution is 0.263. The van der Waals surface area contributed by atoms with Crippen LogP contribution in [0.4, 0.5) is 0 Å². The van der Waals surface area contributed by atoms with Crippen LogP contribution < -0.4 is 5.32 Å². The van der Waals surface area contributed by atoms with E-state index in [0.717, 1.165) is 6.54 Å². The fraction of sp³-hybridized carbons (Fsp3) is 0.429. The van der Waals surface area contributed by atoms with Crippen molar-refractivity contribution in [3.63, 3.8) is 0 Å². The fourth-order valence-corrected chi connectivity index (χ4v) is 3.56. The number of benzene rings is 2. The zero-order chi connectivity index (χ0) is 15.4. The molecule has 116 valence electrons. The van der Waals surface area contributed by atoms with Crippen LogP contribution in [0.5, 0.6) is 0 Å². The highest BCUT2D eigenvalue weighted by Gasteiger charge is 2.32. The van der Waals surface area contributed by atoms with Crippen LogP contribution in [0.1, 0.15) is 49.3 Å². The Labute approximate surface area is 134 Å². The molecule has 1 heteroatoms. The molecule has 0 amide bonds. The first-order valence-electron chi connectivity index (χ1n) is 8.50. The molecular formula is C21H27N. The smallest absolute Gasteiger partial charge is 0.0208 e. The van der Waals surface area contributed by atoms with E-state index in [0.29, 0.717) is 11.5 Å². The maximum Gasteiger partial charge on any atom is 0.0208 e. The molecule has 2 aromatic rings. The molecule has 0 atom stereocenters. The topological polar surface area (TPSA) is 12.0 Å². The third kappa shape index (κ3) is 3.59. The van der Waals surface area contributed by atoms with Crippen molar-refractivity contribution in [1.29, 1.82) is 0 Å². The maximum absolute atomic E-state index is 3.74. The van der Waals surface area contributed by atoms with Crippen molar-refractivity contribution in [3.05, 3.63) is 71.3 Å². The van der Waals surface area contributed by atoms with Crippen LogP contribution in [-0.4, -0.2) is 6.04 Å². The second kappa shape index (κ2) is 6.66. The molecule has 0 heterocycles. The van der Waals surface area contributed by atoms with Gasteiger partial charge in [-0.3, -0.25) is 0 Å². The molecule has 1 aliphatic carbocycles. The lowest BCUT2D eigenvalue weighted by atomic mass is 9.69. The van der Waals surface area contributed by atoms with Gasteiger partial charge < -0.3 is 5.32 Å². The van der Waals surface area contributed by atoms with E-state index in [2.05, 4.69) is 73.8 Å². The van der Waals surface area contributed by atoms with Crippen molar-refractivity contribution in [2.75, 3.05) is 0 Å². The third-order valence-corrected chi connectivity index (χ3v) is 5.28. The second-order valence-electron chi connectivity index (χ2n) is 7.07. The number of hydrogen-bond acceptors (Lipinski definition) is 1. The summed E-state index contributed by atoms with van der Waals surface area (Å²) in [4.78, 5) is 0. The zero-order valence-corrected chi connectivity index (χ0v) is 13.8. The summed E-state index contributed by atoms with van der Waals surface area (Å²) in [5.74, 6) is 0. The van der Waals surface area contributed by atoms with Crippen molar-refractivity contribution in [2.24, 2.45) is 0 Å². The highest BCUT2D eigenvalue weighted by molar-refractivity contribution is 5.28. The molecule has 1 N–H and O–H groups in total. The van der Waals surface area contributed by atoms with Crippen LogP contribution in [0.2, 0.25) is 0 Å². The molecule has 1 fully saturated rings. The minimum atomic E-state index is 0.360. The minimum Gasteiger partial charge on any atom is -0.310 e. The Morgan fingerprint density at radius 2 is 1.59 bits per heavy atom. The largest absolute Gasteiger partial charge is 0.310 e. The molecule has 2 aromatic carbocycles. The molecule has 1 aliphatic rings. The average molecular weight is 293 g/mol. The predicted octanol–water partition coefficient (Wildman–Crippen LogP) is 4.99. The third-order valence-electron chi connectivity index (χ3n) is 5.28. The summed E-state index contributed by atoms with van der Waals surface area (Å²) in [6.45, 7) is 5.59. The zero-order valence-electron chi connectivity index (χ0n) is 13.8. The standard InChI is InChI=1S/C21H27N/c1-17-8-10-19(11-9-17)21(2)14-12-20(13-15-21)22-16-18-6-4-3-5-7-18/h3-11,20,22H,12-16H2,1-2H3. The van der Waals surface area contributed by atoms with Gasteiger partial charge in [0.15, 0.2) is 0 Å². The van der Waals surface area contributed by atoms with Crippen LogP contribution >= 0.6 is 0 Å². The van der Waals surface area contributed by atoms with Crippen molar-refractivity contribution in [3.8, 4) is 0 Å². The molecule has 1 saturated carbocycles. The van der Waals surface area contributed by atoms with Crippen LogP contribution in [0, 0.1) is 6.92 Å². The molecule has 3 rings (SSSR count). The van der Waals surface area contributed by atoms with Crippen LogP contribution in [0.15, 0.2) is 54.6 Å². The number of hydrogen-bond donors (Lipinski definition) is 1. The molecule has 0 bridgehead atoms. The van der Waals surface area contributed by atoms with E-state index < -0.39 is 0 Å². The Morgan fingerprint density at radius 3 is 2.23 bits per heavy atom. The number of rotatable bonds is 4. The summed E-state index contributed by atoms with van der Waals surface area (Å²) in [5, 5.41) is 3.74. The van der Waals surface area contributed by atoms with Gasteiger partial charge in [0.2, 0.25) is 0 Å². The lowest BCUT2D eigenvalue weighted by Gasteiger charge is -2.38. The van der Waals surface area contributed by atoms with Gasteiger partial charge >= 0.3 is 0 Å². The van der Waals surface area contributed by atoms with Gasteiger partial charge in [-0.25, -0.2) is 0 Å². The quantitative estimate of drug-likeness (QED) is 0.838. The van der Waals surface area contributed by atoms with Gasteiger partial charge in [-0.05, 0) is 49.1 Å². The van der Waals surface area contributed by atoms with Gasteiger partial charge in [0.1, 0.15) is 0 Å². The number of aryl methyl sites for hydroxylation is 1. The minimum absolute atomic E-state index is 0.360. The van der Waals surface area contributed by atoms with Gasteiger partial charge in [0.25, 0.3) is 0 Å². The van der Waals surface area contributed by atoms with Crippen molar-refractivity contribution in [1.82, 2.24) is 5.32 Å². The Kier molecular flexibility index (Phi) is 4.63. The first-order chi connectivity index (χ1) is 10.7. The summed E-state index contributed by atoms with van der Waals surface area (Å²) in [6, 6.07) is 20.5. The van der Waals surface area contributed by atoms with Gasteiger partial charge in [0, 0.05) is 12.6 Å². The molecule has 1 nitrogen and oxygen atoms in total. The molecular weight excluding hydrogens is 266 g/mol. The lowest BCUT2D eigenvalue weighted by Crippen LogP contribution is -2.38. The molecule has 0 spiro atoms. The van der Waals surface area contributed by atoms with E-state index in [4.69, 9.17) is 0 Å². The molecule has 0 aliphatic heterocycles. The predicted molar refractivity (Wildman–Crippen MR) is 94.1 cm³/mol. The molecule has 0 aromatic heterocycles. The molecule has 0 saturated heterocycles. The average Bonchev–Trinajstić information content (AvgIpc) is 2.56. The van der Waals surface area contributed by atoms with Crippen LogP contribution in [-0.2, 0) is 12.0 Å². The highest BCUT2D eigenvalue weighted by atomic mass is 14.9. The highest BCUT2D eigenvalue weighted by Crippen LogP contribution is 2.39. The fourth-order valence-electron chi connectivity index (χ4n) is 3.56. The Hall–Kier alpha value is -1.60. The second-order valence-corrected chi connectivity index (χ2v) is 7.07. The van der Waals surface area contributed by atoms with Gasteiger partial charge in [0.05, 0.1) is 0 Å². The first-order valence-corrected chi connectivity index (χ1v) is 8.50. The van der Waals surface area contributed by atoms with Crippen molar-refractivity contribution >= 4 is 0 Å². The SMILES string of the molecule is Cc1ccc(C2(C)CCC(NCc3ccccc3)CC2)cc1. The summed E-state index contributed by atoms with van der Waals surface area (Å²) >= 11 is 0. The maximum atomic E-state index is 3.74. The normalized spacial score (nSPS) is 25.1. The molecule has 0 radical (unpaired) electrons. The van der Waals surface area contributed by atoms with Gasteiger partial charge in [-0.1, -0.05) is 67.1 Å². The monoisotopic (exact) mass is 293 g/mol. The summed E-state index contributed by atoms with van der Waals surface area (Å²) in [6.07, 6.45) is 5.11. The van der Waals surface area contributed by atoms with Crippen LogP contribution in [0.3, 0.4) is 0 Å². The van der Waals surface area contributed by atoms with E-state index in [1.165, 1.54) is 42.4 Å². The Balaban J connectivity index is 1.54. The summed E-state index contributed by atoms with van der Waals surface area (Å²) < 4.78 is 0. The van der Waals surface area contributed by atoms with E-state index >= 15 is 0 Å². The molecule has 0 unspecified atom stereocenters. The summed E-state index contributed by atoms with van der Waals surface area (Å²) in [5.41, 5.74) is 4.61.